The molecule has 1 amide bonds. The highest BCUT2D eigenvalue weighted by Crippen LogP contribution is 2.25. The molecule has 0 spiro atoms. The van der Waals surface area contributed by atoms with Gasteiger partial charge in [-0.25, -0.2) is 8.42 Å². The lowest BCUT2D eigenvalue weighted by Crippen LogP contribution is -2.38. The molecule has 0 saturated carbocycles. The van der Waals surface area contributed by atoms with Gasteiger partial charge in [-0.3, -0.25) is 9.10 Å². The first kappa shape index (κ1) is 21.4. The Labute approximate surface area is 177 Å². The number of nitrogens with zero attached hydrogens (tertiary/aromatic N) is 1. The van der Waals surface area contributed by atoms with E-state index < -0.39 is 15.9 Å². The van der Waals surface area contributed by atoms with Crippen molar-refractivity contribution in [3.05, 3.63) is 83.9 Å². The fourth-order valence-electron chi connectivity index (χ4n) is 2.87. The standard InChI is InChI=1S/C23H24N2O4S/c1-17-4-8-19(9-5-17)24-23(26)16-25(20-10-6-18(2)7-11-20)30(27,28)22-14-12-21(29-3)13-15-22/h4-15H,16H2,1-3H3,(H,24,26). The molecule has 6 nitrogen and oxygen atoms in total. The van der Waals surface area contributed by atoms with Crippen molar-refractivity contribution in [3.63, 3.8) is 0 Å². The minimum absolute atomic E-state index is 0.0759. The molecule has 30 heavy (non-hydrogen) atoms. The fraction of sp³-hybridized carbons (Fsp3) is 0.174. The third-order valence-corrected chi connectivity index (χ3v) is 6.38. The monoisotopic (exact) mass is 424 g/mol. The number of amides is 1. The Bertz CT molecular complexity index is 1110. The predicted molar refractivity (Wildman–Crippen MR) is 119 cm³/mol. The minimum Gasteiger partial charge on any atom is -0.497 e. The van der Waals surface area contributed by atoms with Crippen molar-refractivity contribution < 1.29 is 17.9 Å². The highest BCUT2D eigenvalue weighted by atomic mass is 32.2. The number of rotatable bonds is 7. The first-order valence-corrected chi connectivity index (χ1v) is 10.8. The molecule has 0 bridgehead atoms. The SMILES string of the molecule is COc1ccc(S(=O)(=O)N(CC(=O)Nc2ccc(C)cc2)c2ccc(C)cc2)cc1. The van der Waals surface area contributed by atoms with E-state index in [9.17, 15) is 13.2 Å². The van der Waals surface area contributed by atoms with Gasteiger partial charge in [0.15, 0.2) is 0 Å². The first-order chi connectivity index (χ1) is 14.3. The predicted octanol–water partition coefficient (Wildman–Crippen LogP) is 4.15. The largest absolute Gasteiger partial charge is 0.497 e. The number of nitrogens with one attached hydrogen (secondary N) is 1. The molecule has 0 aliphatic rings. The third-order valence-electron chi connectivity index (χ3n) is 4.59. The van der Waals surface area contributed by atoms with E-state index in [0.29, 0.717) is 17.1 Å². The van der Waals surface area contributed by atoms with E-state index in [4.69, 9.17) is 4.74 Å². The molecule has 0 heterocycles. The van der Waals surface area contributed by atoms with Crippen molar-refractivity contribution >= 4 is 27.3 Å². The highest BCUT2D eigenvalue weighted by Gasteiger charge is 2.27. The summed E-state index contributed by atoms with van der Waals surface area (Å²) in [6.07, 6.45) is 0. The maximum atomic E-state index is 13.4. The number of hydrogen-bond acceptors (Lipinski definition) is 4. The van der Waals surface area contributed by atoms with E-state index in [1.165, 1.54) is 19.2 Å². The number of hydrogen-bond donors (Lipinski definition) is 1. The Balaban J connectivity index is 1.92. The molecule has 0 unspecified atom stereocenters. The van der Waals surface area contributed by atoms with Crippen molar-refractivity contribution in [1.82, 2.24) is 0 Å². The average molecular weight is 425 g/mol. The summed E-state index contributed by atoms with van der Waals surface area (Å²) in [5.74, 6) is 0.115. The van der Waals surface area contributed by atoms with Crippen LogP contribution >= 0.6 is 0 Å². The van der Waals surface area contributed by atoms with Crippen molar-refractivity contribution in [1.29, 1.82) is 0 Å². The molecule has 0 saturated heterocycles. The molecule has 3 aromatic rings. The lowest BCUT2D eigenvalue weighted by molar-refractivity contribution is -0.114. The summed E-state index contributed by atoms with van der Waals surface area (Å²) < 4.78 is 32.9. The second kappa shape index (κ2) is 9.00. The Kier molecular flexibility index (Phi) is 6.42. The summed E-state index contributed by atoms with van der Waals surface area (Å²) in [6, 6.07) is 20.4. The van der Waals surface area contributed by atoms with Crippen LogP contribution in [0.25, 0.3) is 0 Å². The zero-order valence-electron chi connectivity index (χ0n) is 17.1. The number of ether oxygens (including phenoxy) is 1. The number of benzene rings is 3. The summed E-state index contributed by atoms with van der Waals surface area (Å²) >= 11 is 0. The van der Waals surface area contributed by atoms with E-state index >= 15 is 0 Å². The molecule has 3 aromatic carbocycles. The Morgan fingerprint density at radius 1 is 0.867 bits per heavy atom. The van der Waals surface area contributed by atoms with Gasteiger partial charge in [-0.15, -0.1) is 0 Å². The summed E-state index contributed by atoms with van der Waals surface area (Å²) in [4.78, 5) is 12.8. The highest BCUT2D eigenvalue weighted by molar-refractivity contribution is 7.92. The van der Waals surface area contributed by atoms with E-state index in [-0.39, 0.29) is 11.4 Å². The molecule has 156 valence electrons. The van der Waals surface area contributed by atoms with Gasteiger partial charge in [-0.1, -0.05) is 35.4 Å². The quantitative estimate of drug-likeness (QED) is 0.618. The zero-order valence-corrected chi connectivity index (χ0v) is 17.9. The van der Waals surface area contributed by atoms with Crippen LogP contribution in [0.3, 0.4) is 0 Å². The van der Waals surface area contributed by atoms with Gasteiger partial charge in [-0.05, 0) is 62.4 Å². The van der Waals surface area contributed by atoms with Crippen LogP contribution < -0.4 is 14.4 Å². The van der Waals surface area contributed by atoms with Crippen LogP contribution in [0, 0.1) is 13.8 Å². The molecule has 0 radical (unpaired) electrons. The van der Waals surface area contributed by atoms with Crippen molar-refractivity contribution in [2.24, 2.45) is 0 Å². The second-order valence-corrected chi connectivity index (χ2v) is 8.80. The maximum Gasteiger partial charge on any atom is 0.264 e. The molecule has 0 aromatic heterocycles. The van der Waals surface area contributed by atoms with Crippen molar-refractivity contribution in [2.75, 3.05) is 23.3 Å². The number of anilines is 2. The van der Waals surface area contributed by atoms with E-state index in [1.807, 2.05) is 38.1 Å². The zero-order chi connectivity index (χ0) is 21.7. The van der Waals surface area contributed by atoms with Gasteiger partial charge >= 0.3 is 0 Å². The number of aryl methyl sites for hydroxylation is 2. The molecule has 7 heteroatoms. The van der Waals surface area contributed by atoms with Crippen LogP contribution in [0.1, 0.15) is 11.1 Å². The number of carbonyl (C=O) groups excluding carboxylic acids is 1. The van der Waals surface area contributed by atoms with Gasteiger partial charge in [0, 0.05) is 5.69 Å². The molecular weight excluding hydrogens is 400 g/mol. The molecule has 0 aliphatic heterocycles. The van der Waals surface area contributed by atoms with Crippen molar-refractivity contribution in [2.45, 2.75) is 18.7 Å². The number of carbonyl (C=O) groups is 1. The lowest BCUT2D eigenvalue weighted by atomic mass is 10.2. The molecule has 0 fully saturated rings. The lowest BCUT2D eigenvalue weighted by Gasteiger charge is -2.24. The minimum atomic E-state index is -3.97. The van der Waals surface area contributed by atoms with Gasteiger partial charge in [-0.2, -0.15) is 0 Å². The van der Waals surface area contributed by atoms with Crippen LogP contribution in [0.2, 0.25) is 0 Å². The first-order valence-electron chi connectivity index (χ1n) is 9.39. The van der Waals surface area contributed by atoms with Crippen LogP contribution in [-0.2, 0) is 14.8 Å². The van der Waals surface area contributed by atoms with Gasteiger partial charge in [0.05, 0.1) is 17.7 Å². The van der Waals surface area contributed by atoms with Crippen LogP contribution in [0.5, 0.6) is 5.75 Å². The number of sulfonamides is 1. The summed E-state index contributed by atoms with van der Waals surface area (Å²) in [6.45, 7) is 3.51. The number of methoxy groups -OCH3 is 1. The van der Waals surface area contributed by atoms with Crippen molar-refractivity contribution in [3.8, 4) is 5.75 Å². The Morgan fingerprint density at radius 2 is 1.40 bits per heavy atom. The normalized spacial score (nSPS) is 11.0. The fourth-order valence-corrected chi connectivity index (χ4v) is 4.29. The molecular formula is C23H24N2O4S. The average Bonchev–Trinajstić information content (AvgIpc) is 2.74. The van der Waals surface area contributed by atoms with Gasteiger partial charge in [0.1, 0.15) is 12.3 Å². The van der Waals surface area contributed by atoms with Gasteiger partial charge in [0.25, 0.3) is 10.0 Å². The topological polar surface area (TPSA) is 75.7 Å². The summed E-state index contributed by atoms with van der Waals surface area (Å²) in [7, 11) is -2.46. The van der Waals surface area contributed by atoms with E-state index in [2.05, 4.69) is 5.32 Å². The Morgan fingerprint density at radius 3 is 1.93 bits per heavy atom. The summed E-state index contributed by atoms with van der Waals surface area (Å²) in [5, 5.41) is 2.76. The Hall–Kier alpha value is -3.32. The van der Waals surface area contributed by atoms with Gasteiger partial charge < -0.3 is 10.1 Å². The molecule has 0 atom stereocenters. The molecule has 1 N–H and O–H groups in total. The van der Waals surface area contributed by atoms with Gasteiger partial charge in [0.2, 0.25) is 5.91 Å². The van der Waals surface area contributed by atoms with Crippen LogP contribution in [-0.4, -0.2) is 28.0 Å². The summed E-state index contributed by atoms with van der Waals surface area (Å²) in [5.41, 5.74) is 3.08. The smallest absolute Gasteiger partial charge is 0.264 e. The molecule has 0 aliphatic carbocycles. The van der Waals surface area contributed by atoms with E-state index in [1.54, 1.807) is 36.4 Å². The molecule has 3 rings (SSSR count). The maximum absolute atomic E-state index is 13.4. The second-order valence-electron chi connectivity index (χ2n) is 6.94. The third kappa shape index (κ3) is 4.99. The van der Waals surface area contributed by atoms with Crippen LogP contribution in [0.15, 0.2) is 77.7 Å². The van der Waals surface area contributed by atoms with E-state index in [0.717, 1.165) is 15.4 Å². The van der Waals surface area contributed by atoms with Crippen LogP contribution in [0.4, 0.5) is 11.4 Å².